The van der Waals surface area contributed by atoms with Crippen molar-refractivity contribution >= 4 is 40.6 Å². The Morgan fingerprint density at radius 1 is 1.06 bits per heavy atom. The number of hydrogen-bond donors (Lipinski definition) is 3. The van der Waals surface area contributed by atoms with Crippen LogP contribution in [0.5, 0.6) is 0 Å². The normalized spacial score (nSPS) is 12.1. The number of rotatable bonds is 6. The molecule has 0 radical (unpaired) electrons. The highest BCUT2D eigenvalue weighted by Crippen LogP contribution is 2.33. The van der Waals surface area contributed by atoms with Gasteiger partial charge in [0.2, 0.25) is 5.91 Å². The monoisotopic (exact) mass is 469 g/mol. The molecule has 33 heavy (non-hydrogen) atoms. The Morgan fingerprint density at radius 3 is 2.18 bits per heavy atom. The maximum atomic E-state index is 13.8. The van der Waals surface area contributed by atoms with Crippen molar-refractivity contribution in [1.82, 2.24) is 9.69 Å². The zero-order valence-corrected chi connectivity index (χ0v) is 19.2. The van der Waals surface area contributed by atoms with Gasteiger partial charge < -0.3 is 16.8 Å². The Bertz CT molecular complexity index is 1170. The number of hydrogen-bond acceptors (Lipinski definition) is 6. The molecule has 1 heterocycles. The predicted octanol–water partition coefficient (Wildman–Crippen LogP) is 3.27. The minimum Gasteiger partial charge on any atom is -0.395 e. The lowest BCUT2D eigenvalue weighted by atomic mass is 10.0. The third kappa shape index (κ3) is 5.35. The van der Waals surface area contributed by atoms with E-state index in [9.17, 15) is 18.8 Å². The van der Waals surface area contributed by atoms with E-state index in [1.54, 1.807) is 30.3 Å². The highest BCUT2D eigenvalue weighted by molar-refractivity contribution is 7.09. The Balaban J connectivity index is 2.20. The highest BCUT2D eigenvalue weighted by atomic mass is 32.1. The Labute approximate surface area is 194 Å². The first kappa shape index (κ1) is 23.9. The zero-order chi connectivity index (χ0) is 24.3. The first-order valence-electron chi connectivity index (χ1n) is 10.0. The number of para-hydroxylation sites is 1. The van der Waals surface area contributed by atoms with E-state index in [4.69, 9.17) is 11.5 Å². The maximum Gasteiger partial charge on any atom is 0.273 e. The number of nitrogens with one attached hydrogen (secondary N) is 1. The molecule has 0 saturated carbocycles. The smallest absolute Gasteiger partial charge is 0.273 e. The van der Waals surface area contributed by atoms with E-state index in [0.29, 0.717) is 22.8 Å². The summed E-state index contributed by atoms with van der Waals surface area (Å²) in [4.78, 5) is 40.1. The number of carbonyl (C=O) groups excluding carboxylic acids is 3. The van der Waals surface area contributed by atoms with E-state index in [-0.39, 0.29) is 16.3 Å². The van der Waals surface area contributed by atoms with Gasteiger partial charge in [0.1, 0.15) is 16.7 Å². The van der Waals surface area contributed by atoms with Crippen LogP contribution < -0.4 is 21.7 Å². The summed E-state index contributed by atoms with van der Waals surface area (Å²) in [5, 5.41) is 2.88. The van der Waals surface area contributed by atoms with Crippen molar-refractivity contribution in [3.63, 3.8) is 0 Å². The number of amides is 3. The van der Waals surface area contributed by atoms with E-state index in [1.807, 2.05) is 20.8 Å². The van der Waals surface area contributed by atoms with E-state index in [1.165, 1.54) is 29.2 Å². The lowest BCUT2D eigenvalue weighted by Gasteiger charge is -2.33. The van der Waals surface area contributed by atoms with Crippen LogP contribution in [0.25, 0.3) is 0 Å². The summed E-state index contributed by atoms with van der Waals surface area (Å²) in [5.41, 5.74) is 11.1. The minimum absolute atomic E-state index is 0.0386. The molecule has 3 rings (SSSR count). The van der Waals surface area contributed by atoms with Gasteiger partial charge in [0, 0.05) is 11.2 Å². The number of aromatic nitrogens is 1. The van der Waals surface area contributed by atoms with Crippen molar-refractivity contribution in [2.75, 3.05) is 10.6 Å². The fourth-order valence-corrected chi connectivity index (χ4v) is 3.95. The highest BCUT2D eigenvalue weighted by Gasteiger charge is 2.37. The second kappa shape index (κ2) is 9.37. The summed E-state index contributed by atoms with van der Waals surface area (Å²) in [6, 6.07) is 12.6. The second-order valence-corrected chi connectivity index (χ2v) is 9.12. The van der Waals surface area contributed by atoms with Crippen molar-refractivity contribution < 1.29 is 18.8 Å². The van der Waals surface area contributed by atoms with Gasteiger partial charge in [0.15, 0.2) is 5.69 Å². The average Bonchev–Trinajstić information content (AvgIpc) is 3.13. The summed E-state index contributed by atoms with van der Waals surface area (Å²) < 4.78 is 17.6. The standard InChI is InChI=1S/C23H24FN5O3S/c1-23(2,3)27-21(31)18(13-9-11-14(24)12-10-13)29(15-7-5-4-6-8-15)22(32)19-16(25)17(20(26)30)28-33-19/h4-12,18H,25H2,1-3H3,(H2,26,30)(H,27,31). The molecule has 0 spiro atoms. The van der Waals surface area contributed by atoms with Crippen molar-refractivity contribution in [3.05, 3.63) is 76.5 Å². The van der Waals surface area contributed by atoms with Crippen molar-refractivity contribution in [2.24, 2.45) is 5.73 Å². The largest absolute Gasteiger partial charge is 0.395 e. The minimum atomic E-state index is -1.17. The Morgan fingerprint density at radius 2 is 1.67 bits per heavy atom. The van der Waals surface area contributed by atoms with Gasteiger partial charge in [0.25, 0.3) is 11.8 Å². The van der Waals surface area contributed by atoms with Gasteiger partial charge in [-0.05, 0) is 62.1 Å². The first-order valence-corrected chi connectivity index (χ1v) is 10.8. The average molecular weight is 470 g/mol. The van der Waals surface area contributed by atoms with Crippen molar-refractivity contribution in [2.45, 2.75) is 32.4 Å². The van der Waals surface area contributed by atoms with Crippen LogP contribution in [0.3, 0.4) is 0 Å². The summed E-state index contributed by atoms with van der Waals surface area (Å²) in [5.74, 6) is -2.48. The molecule has 0 aliphatic carbocycles. The summed E-state index contributed by atoms with van der Waals surface area (Å²) in [7, 11) is 0. The van der Waals surface area contributed by atoms with Gasteiger partial charge in [-0.3, -0.25) is 19.3 Å². The van der Waals surface area contributed by atoms with Gasteiger partial charge >= 0.3 is 0 Å². The third-order valence-electron chi connectivity index (χ3n) is 4.60. The van der Waals surface area contributed by atoms with Crippen LogP contribution in [0.15, 0.2) is 54.6 Å². The summed E-state index contributed by atoms with van der Waals surface area (Å²) >= 11 is 0.717. The Hall–Kier alpha value is -3.79. The van der Waals surface area contributed by atoms with Crippen LogP contribution in [0, 0.1) is 5.82 Å². The van der Waals surface area contributed by atoms with E-state index in [0.717, 1.165) is 0 Å². The number of primary amides is 1. The molecule has 172 valence electrons. The lowest BCUT2D eigenvalue weighted by molar-refractivity contribution is -0.123. The number of carbonyl (C=O) groups is 3. The lowest BCUT2D eigenvalue weighted by Crippen LogP contribution is -2.49. The molecular weight excluding hydrogens is 445 g/mol. The molecule has 0 aliphatic heterocycles. The van der Waals surface area contributed by atoms with Gasteiger partial charge in [-0.1, -0.05) is 30.3 Å². The predicted molar refractivity (Wildman–Crippen MR) is 125 cm³/mol. The van der Waals surface area contributed by atoms with Gasteiger partial charge in [-0.15, -0.1) is 0 Å². The van der Waals surface area contributed by atoms with Crippen LogP contribution in [-0.2, 0) is 4.79 Å². The van der Waals surface area contributed by atoms with Gasteiger partial charge in [0.05, 0.1) is 5.69 Å². The van der Waals surface area contributed by atoms with Gasteiger partial charge in [-0.2, -0.15) is 4.37 Å². The molecule has 2 aromatic carbocycles. The molecule has 5 N–H and O–H groups in total. The molecule has 1 unspecified atom stereocenters. The first-order chi connectivity index (χ1) is 15.5. The zero-order valence-electron chi connectivity index (χ0n) is 18.3. The van der Waals surface area contributed by atoms with Crippen molar-refractivity contribution in [1.29, 1.82) is 0 Å². The quantitative estimate of drug-likeness (QED) is 0.510. The molecule has 0 bridgehead atoms. The van der Waals surface area contributed by atoms with E-state index in [2.05, 4.69) is 9.69 Å². The van der Waals surface area contributed by atoms with Gasteiger partial charge in [-0.25, -0.2) is 4.39 Å². The molecule has 1 atom stereocenters. The second-order valence-electron chi connectivity index (χ2n) is 8.34. The number of nitrogens with two attached hydrogens (primary N) is 2. The molecule has 10 heteroatoms. The fraction of sp³-hybridized carbons (Fsp3) is 0.217. The fourth-order valence-electron chi connectivity index (χ4n) is 3.21. The molecule has 3 amide bonds. The van der Waals surface area contributed by atoms with Crippen LogP contribution in [0.1, 0.15) is 52.5 Å². The molecule has 8 nitrogen and oxygen atoms in total. The van der Waals surface area contributed by atoms with Crippen LogP contribution >= 0.6 is 11.5 Å². The van der Waals surface area contributed by atoms with E-state index < -0.39 is 35.1 Å². The van der Waals surface area contributed by atoms with E-state index >= 15 is 0 Å². The molecular formula is C23H24FN5O3S. The van der Waals surface area contributed by atoms with Crippen molar-refractivity contribution in [3.8, 4) is 0 Å². The van der Waals surface area contributed by atoms with Crippen LogP contribution in [0.2, 0.25) is 0 Å². The molecule has 1 aromatic heterocycles. The molecule has 0 aliphatic rings. The third-order valence-corrected chi connectivity index (χ3v) is 5.45. The Kier molecular flexibility index (Phi) is 6.78. The molecule has 0 saturated heterocycles. The number of benzene rings is 2. The molecule has 0 fully saturated rings. The maximum absolute atomic E-state index is 13.8. The number of anilines is 2. The summed E-state index contributed by atoms with van der Waals surface area (Å²) in [6.07, 6.45) is 0. The molecule has 3 aromatic rings. The van der Waals surface area contributed by atoms with Crippen LogP contribution in [0.4, 0.5) is 15.8 Å². The number of nitrogen functional groups attached to an aromatic ring is 1. The SMILES string of the molecule is CC(C)(C)NC(=O)C(c1ccc(F)cc1)N(C(=O)c1snc(C(N)=O)c1N)c1ccccc1. The number of nitrogens with zero attached hydrogens (tertiary/aromatic N) is 2. The summed E-state index contributed by atoms with van der Waals surface area (Å²) in [6.45, 7) is 5.42. The van der Waals surface area contributed by atoms with Crippen LogP contribution in [-0.4, -0.2) is 27.6 Å². The number of halogens is 1. The topological polar surface area (TPSA) is 131 Å².